The minimum absolute atomic E-state index is 0.520. The molecule has 1 aromatic heterocycles. The molecule has 3 rings (SSSR count). The van der Waals surface area contributed by atoms with Crippen molar-refractivity contribution in [2.75, 3.05) is 6.54 Å². The Hall–Kier alpha value is -1.68. The van der Waals surface area contributed by atoms with Gasteiger partial charge in [0, 0.05) is 12.6 Å². The Morgan fingerprint density at radius 3 is 2.95 bits per heavy atom. The van der Waals surface area contributed by atoms with Crippen LogP contribution in [0.3, 0.4) is 0 Å². The maximum Gasteiger partial charge on any atom is 0.141 e. The normalized spacial score (nSPS) is 19.3. The zero-order valence-electron chi connectivity index (χ0n) is 13.2. The van der Waals surface area contributed by atoms with Crippen LogP contribution in [0, 0.1) is 13.8 Å². The van der Waals surface area contributed by atoms with Gasteiger partial charge in [0.2, 0.25) is 0 Å². The van der Waals surface area contributed by atoms with Crippen LogP contribution >= 0.6 is 0 Å². The third-order valence-electron chi connectivity index (χ3n) is 4.50. The van der Waals surface area contributed by atoms with E-state index >= 15 is 0 Å². The van der Waals surface area contributed by atoms with Crippen molar-refractivity contribution in [3.05, 3.63) is 47.0 Å². The van der Waals surface area contributed by atoms with Crippen LogP contribution in [0.15, 0.2) is 24.5 Å². The van der Waals surface area contributed by atoms with E-state index in [2.05, 4.69) is 54.0 Å². The molecule has 1 saturated heterocycles. The highest BCUT2D eigenvalue weighted by Gasteiger charge is 2.28. The lowest BCUT2D eigenvalue weighted by molar-refractivity contribution is 0.237. The highest BCUT2D eigenvalue weighted by molar-refractivity contribution is 5.33. The fourth-order valence-electron chi connectivity index (χ4n) is 3.34. The van der Waals surface area contributed by atoms with Crippen LogP contribution in [0.2, 0.25) is 0 Å². The van der Waals surface area contributed by atoms with E-state index in [1.165, 1.54) is 29.5 Å². The van der Waals surface area contributed by atoms with Crippen LogP contribution < -0.4 is 0 Å². The number of hydrogen-bond donors (Lipinski definition) is 0. The van der Waals surface area contributed by atoms with Gasteiger partial charge >= 0.3 is 0 Å². The summed E-state index contributed by atoms with van der Waals surface area (Å²) in [5, 5.41) is 4.29. The van der Waals surface area contributed by atoms with Crippen molar-refractivity contribution in [2.24, 2.45) is 0 Å². The summed E-state index contributed by atoms with van der Waals surface area (Å²) in [4.78, 5) is 6.98. The molecule has 0 bridgehead atoms. The van der Waals surface area contributed by atoms with Gasteiger partial charge in [0.15, 0.2) is 0 Å². The Balaban J connectivity index is 1.84. The molecule has 0 unspecified atom stereocenters. The van der Waals surface area contributed by atoms with Crippen molar-refractivity contribution in [3.63, 3.8) is 0 Å². The van der Waals surface area contributed by atoms with Gasteiger partial charge < -0.3 is 0 Å². The van der Waals surface area contributed by atoms with Crippen LogP contribution in [0.1, 0.15) is 48.3 Å². The molecule has 0 amide bonds. The Morgan fingerprint density at radius 2 is 2.14 bits per heavy atom. The number of likely N-dealkylation sites (tertiary alicyclic amines) is 1. The Bertz CT molecular complexity index is 617. The molecule has 1 atom stereocenters. The lowest BCUT2D eigenvalue weighted by Gasteiger charge is -2.26. The van der Waals surface area contributed by atoms with Gasteiger partial charge in [0.25, 0.3) is 0 Å². The third-order valence-corrected chi connectivity index (χ3v) is 4.50. The Morgan fingerprint density at radius 1 is 1.29 bits per heavy atom. The molecule has 1 aliphatic rings. The Labute approximate surface area is 126 Å². The van der Waals surface area contributed by atoms with Gasteiger partial charge in [0.05, 0.1) is 6.54 Å². The molecule has 0 aliphatic carbocycles. The van der Waals surface area contributed by atoms with Crippen LogP contribution in [0.25, 0.3) is 0 Å². The zero-order chi connectivity index (χ0) is 14.8. The number of hydrogen-bond acceptors (Lipinski definition) is 3. The van der Waals surface area contributed by atoms with Crippen molar-refractivity contribution in [2.45, 2.75) is 52.7 Å². The largest absolute Gasteiger partial charge is 0.289 e. The van der Waals surface area contributed by atoms with E-state index in [0.29, 0.717) is 6.04 Å². The average molecular weight is 284 g/mol. The molecule has 21 heavy (non-hydrogen) atoms. The topological polar surface area (TPSA) is 34.0 Å². The molecule has 0 radical (unpaired) electrons. The number of benzene rings is 1. The molecule has 4 heteroatoms. The lowest BCUT2D eigenvalue weighted by atomic mass is 9.97. The van der Waals surface area contributed by atoms with E-state index in [-0.39, 0.29) is 0 Å². The van der Waals surface area contributed by atoms with Gasteiger partial charge in [-0.3, -0.25) is 4.90 Å². The Kier molecular flexibility index (Phi) is 4.06. The number of rotatable bonds is 4. The maximum atomic E-state index is 4.43. The first kappa shape index (κ1) is 14.3. The summed E-state index contributed by atoms with van der Waals surface area (Å²) in [7, 11) is 0. The van der Waals surface area contributed by atoms with E-state index in [0.717, 1.165) is 25.5 Å². The first-order valence-electron chi connectivity index (χ1n) is 7.87. The molecule has 1 aliphatic heterocycles. The van der Waals surface area contributed by atoms with Gasteiger partial charge in [-0.05, 0) is 51.3 Å². The molecule has 2 aromatic rings. The van der Waals surface area contributed by atoms with Crippen LogP contribution in [0.5, 0.6) is 0 Å². The van der Waals surface area contributed by atoms with E-state index in [1.54, 1.807) is 6.33 Å². The lowest BCUT2D eigenvalue weighted by Crippen LogP contribution is -2.25. The molecular weight excluding hydrogens is 260 g/mol. The minimum atomic E-state index is 0.520. The fourth-order valence-corrected chi connectivity index (χ4v) is 3.34. The maximum absolute atomic E-state index is 4.43. The monoisotopic (exact) mass is 284 g/mol. The molecule has 2 heterocycles. The summed E-state index contributed by atoms with van der Waals surface area (Å²) in [6.45, 7) is 9.44. The molecule has 112 valence electrons. The third kappa shape index (κ3) is 2.86. The summed E-state index contributed by atoms with van der Waals surface area (Å²) >= 11 is 0. The second-order valence-electron chi connectivity index (χ2n) is 5.98. The quantitative estimate of drug-likeness (QED) is 0.864. The minimum Gasteiger partial charge on any atom is -0.289 e. The van der Waals surface area contributed by atoms with Crippen molar-refractivity contribution in [1.29, 1.82) is 0 Å². The molecule has 0 N–H and O–H groups in total. The van der Waals surface area contributed by atoms with Crippen LogP contribution in [0.4, 0.5) is 0 Å². The van der Waals surface area contributed by atoms with Crippen molar-refractivity contribution >= 4 is 0 Å². The van der Waals surface area contributed by atoms with E-state index < -0.39 is 0 Å². The number of aryl methyl sites for hydroxylation is 3. The highest BCUT2D eigenvalue weighted by Crippen LogP contribution is 2.34. The van der Waals surface area contributed by atoms with Gasteiger partial charge in [-0.2, -0.15) is 5.10 Å². The highest BCUT2D eigenvalue weighted by atomic mass is 15.3. The predicted octanol–water partition coefficient (Wildman–Crippen LogP) is 3.25. The van der Waals surface area contributed by atoms with Gasteiger partial charge in [-0.25, -0.2) is 9.67 Å². The van der Waals surface area contributed by atoms with Crippen molar-refractivity contribution in [3.8, 4) is 0 Å². The van der Waals surface area contributed by atoms with E-state index in [9.17, 15) is 0 Å². The average Bonchev–Trinajstić information content (AvgIpc) is 3.11. The molecular formula is C17H24N4. The molecule has 1 fully saturated rings. The molecule has 4 nitrogen and oxygen atoms in total. The standard InChI is InChI=1S/C17H24N4/c1-4-21-17(18-12-19-21)11-20-9-5-6-16(20)15-10-13(2)7-8-14(15)3/h7-8,10,12,16H,4-6,9,11H2,1-3H3/t16-/m0/s1. The number of aromatic nitrogens is 3. The van der Waals surface area contributed by atoms with E-state index in [4.69, 9.17) is 0 Å². The van der Waals surface area contributed by atoms with Gasteiger partial charge in [-0.15, -0.1) is 0 Å². The smallest absolute Gasteiger partial charge is 0.141 e. The van der Waals surface area contributed by atoms with E-state index in [1.807, 2.05) is 4.68 Å². The summed E-state index contributed by atoms with van der Waals surface area (Å²) in [5.41, 5.74) is 4.23. The second kappa shape index (κ2) is 5.98. The van der Waals surface area contributed by atoms with Crippen LogP contribution in [-0.2, 0) is 13.1 Å². The van der Waals surface area contributed by atoms with Gasteiger partial charge in [-0.1, -0.05) is 23.8 Å². The van der Waals surface area contributed by atoms with Crippen LogP contribution in [-0.4, -0.2) is 26.2 Å². The first-order chi connectivity index (χ1) is 10.2. The molecule has 0 spiro atoms. The number of nitrogens with zero attached hydrogens (tertiary/aromatic N) is 4. The summed E-state index contributed by atoms with van der Waals surface area (Å²) in [6.07, 6.45) is 4.17. The summed E-state index contributed by atoms with van der Waals surface area (Å²) in [6, 6.07) is 7.32. The SMILES string of the molecule is CCn1ncnc1CN1CCC[C@H]1c1cc(C)ccc1C. The fraction of sp³-hybridized carbons (Fsp3) is 0.529. The van der Waals surface area contributed by atoms with Crippen molar-refractivity contribution < 1.29 is 0 Å². The predicted molar refractivity (Wildman–Crippen MR) is 84.0 cm³/mol. The molecule has 0 saturated carbocycles. The molecule has 1 aromatic carbocycles. The van der Waals surface area contributed by atoms with Crippen molar-refractivity contribution in [1.82, 2.24) is 19.7 Å². The first-order valence-corrected chi connectivity index (χ1v) is 7.87. The van der Waals surface area contributed by atoms with Gasteiger partial charge in [0.1, 0.15) is 12.2 Å². The summed E-state index contributed by atoms with van der Waals surface area (Å²) < 4.78 is 2.00. The second-order valence-corrected chi connectivity index (χ2v) is 5.98. The zero-order valence-corrected chi connectivity index (χ0v) is 13.2. The summed E-state index contributed by atoms with van der Waals surface area (Å²) in [5.74, 6) is 1.08.